The molecule has 1 nitrogen and oxygen atoms in total. The molecule has 0 N–H and O–H groups in total. The summed E-state index contributed by atoms with van der Waals surface area (Å²) >= 11 is 3.56. The van der Waals surface area contributed by atoms with Crippen LogP contribution in [0.15, 0.2) is 24.3 Å². The molecule has 0 saturated carbocycles. The van der Waals surface area contributed by atoms with Gasteiger partial charge in [-0.1, -0.05) is 40.2 Å². The Morgan fingerprint density at radius 1 is 1.33 bits per heavy atom. The summed E-state index contributed by atoms with van der Waals surface area (Å²) in [6, 6.07) is 7.82. The fourth-order valence-electron chi connectivity index (χ4n) is 1.57. The zero-order valence-corrected chi connectivity index (χ0v) is 8.17. The smallest absolute Gasteiger partial charge is 0.163 e. The molecule has 0 bridgehead atoms. The minimum atomic E-state index is 0.279. The lowest BCUT2D eigenvalue weighted by Crippen LogP contribution is -2.11. The van der Waals surface area contributed by atoms with Gasteiger partial charge in [-0.05, 0) is 12.0 Å². The summed E-state index contributed by atoms with van der Waals surface area (Å²) in [4.78, 5) is 11.8. The molecule has 1 aromatic carbocycles. The maximum Gasteiger partial charge on any atom is 0.163 e. The van der Waals surface area contributed by atoms with Gasteiger partial charge in [-0.3, -0.25) is 4.79 Å². The maximum absolute atomic E-state index is 11.4. The zero-order chi connectivity index (χ0) is 8.55. The van der Waals surface area contributed by atoms with E-state index in [2.05, 4.69) is 15.9 Å². The minimum absolute atomic E-state index is 0.279. The number of alkyl halides is 1. The lowest BCUT2D eigenvalue weighted by atomic mass is 9.91. The highest BCUT2D eigenvalue weighted by molar-refractivity contribution is 9.09. The number of hydrogen-bond donors (Lipinski definition) is 0. The molecule has 1 atom stereocenters. The van der Waals surface area contributed by atoms with Crippen molar-refractivity contribution in [3.8, 4) is 0 Å². The number of halogens is 1. The van der Waals surface area contributed by atoms with Gasteiger partial charge in [0.2, 0.25) is 0 Å². The molecule has 1 unspecified atom stereocenters. The zero-order valence-electron chi connectivity index (χ0n) is 6.59. The molecule has 1 aliphatic rings. The van der Waals surface area contributed by atoms with Crippen LogP contribution in [0.1, 0.15) is 33.6 Å². The lowest BCUT2D eigenvalue weighted by Gasteiger charge is -2.19. The molecule has 0 spiro atoms. The number of benzene rings is 1. The first-order valence-corrected chi connectivity index (χ1v) is 4.97. The molecule has 2 heteroatoms. The summed E-state index contributed by atoms with van der Waals surface area (Å²) in [5, 5.41) is 0. The lowest BCUT2D eigenvalue weighted by molar-refractivity contribution is 0.0972. The van der Waals surface area contributed by atoms with Gasteiger partial charge >= 0.3 is 0 Å². The standard InChI is InChI=1S/C10H9BrO/c11-9-5-6-10(12)8-4-2-1-3-7(8)9/h1-4,9H,5-6H2. The highest BCUT2D eigenvalue weighted by atomic mass is 79.9. The van der Waals surface area contributed by atoms with E-state index in [1.807, 2.05) is 24.3 Å². The fraction of sp³-hybridized carbons (Fsp3) is 0.300. The van der Waals surface area contributed by atoms with E-state index in [1.165, 1.54) is 0 Å². The third-order valence-corrected chi connectivity index (χ3v) is 3.17. The maximum atomic E-state index is 11.4. The van der Waals surface area contributed by atoms with E-state index in [9.17, 15) is 4.79 Å². The van der Waals surface area contributed by atoms with Crippen molar-refractivity contribution in [1.82, 2.24) is 0 Å². The summed E-state index contributed by atoms with van der Waals surface area (Å²) in [5.41, 5.74) is 2.04. The monoisotopic (exact) mass is 224 g/mol. The Balaban J connectivity index is 2.55. The highest BCUT2D eigenvalue weighted by Gasteiger charge is 2.22. The molecule has 62 valence electrons. The fourth-order valence-corrected chi connectivity index (χ4v) is 2.20. The van der Waals surface area contributed by atoms with Crippen LogP contribution < -0.4 is 0 Å². The summed E-state index contributed by atoms with van der Waals surface area (Å²) in [6.45, 7) is 0. The first kappa shape index (κ1) is 7.99. The van der Waals surface area contributed by atoms with Crippen molar-refractivity contribution < 1.29 is 4.79 Å². The molecular weight excluding hydrogens is 216 g/mol. The average molecular weight is 225 g/mol. The highest BCUT2D eigenvalue weighted by Crippen LogP contribution is 2.35. The Hall–Kier alpha value is -0.630. The molecule has 0 heterocycles. The number of fused-ring (bicyclic) bond motifs is 1. The Morgan fingerprint density at radius 3 is 2.83 bits per heavy atom. The number of carbonyl (C=O) groups excluding carboxylic acids is 1. The van der Waals surface area contributed by atoms with E-state index in [4.69, 9.17) is 0 Å². The average Bonchev–Trinajstić information content (AvgIpc) is 2.12. The van der Waals surface area contributed by atoms with E-state index in [1.54, 1.807) is 0 Å². The summed E-state index contributed by atoms with van der Waals surface area (Å²) in [5.74, 6) is 0.279. The quantitative estimate of drug-likeness (QED) is 0.620. The first-order valence-electron chi connectivity index (χ1n) is 4.05. The Morgan fingerprint density at radius 2 is 2.08 bits per heavy atom. The first-order chi connectivity index (χ1) is 5.79. The van der Waals surface area contributed by atoms with Gasteiger partial charge in [-0.15, -0.1) is 0 Å². The number of rotatable bonds is 0. The SMILES string of the molecule is O=C1CCC(Br)c2ccccc21. The Kier molecular flexibility index (Phi) is 2.01. The van der Waals surface area contributed by atoms with Gasteiger partial charge in [0.15, 0.2) is 5.78 Å². The second-order valence-corrected chi connectivity index (χ2v) is 4.12. The van der Waals surface area contributed by atoms with Crippen LogP contribution >= 0.6 is 15.9 Å². The Labute approximate surface area is 79.9 Å². The van der Waals surface area contributed by atoms with Gasteiger partial charge in [0, 0.05) is 16.8 Å². The number of carbonyl (C=O) groups is 1. The van der Waals surface area contributed by atoms with Crippen molar-refractivity contribution in [2.75, 3.05) is 0 Å². The van der Waals surface area contributed by atoms with Gasteiger partial charge in [0.1, 0.15) is 0 Å². The molecule has 1 aliphatic carbocycles. The van der Waals surface area contributed by atoms with Crippen molar-refractivity contribution in [1.29, 1.82) is 0 Å². The number of Topliss-reactive ketones (excluding diaryl/α,β-unsaturated/α-hetero) is 1. The van der Waals surface area contributed by atoms with Gasteiger partial charge in [0.05, 0.1) is 0 Å². The summed E-state index contributed by atoms with van der Waals surface area (Å²) < 4.78 is 0. The topological polar surface area (TPSA) is 17.1 Å². The molecule has 0 saturated heterocycles. The van der Waals surface area contributed by atoms with E-state index in [0.717, 1.165) is 17.5 Å². The largest absolute Gasteiger partial charge is 0.294 e. The van der Waals surface area contributed by atoms with Crippen LogP contribution in [0.25, 0.3) is 0 Å². The molecular formula is C10H9BrO. The van der Waals surface area contributed by atoms with Crippen molar-refractivity contribution in [2.45, 2.75) is 17.7 Å². The van der Waals surface area contributed by atoms with Crippen LogP contribution in [0.3, 0.4) is 0 Å². The third-order valence-electron chi connectivity index (χ3n) is 2.22. The molecule has 0 aliphatic heterocycles. The van der Waals surface area contributed by atoms with Crippen molar-refractivity contribution in [3.05, 3.63) is 35.4 Å². The summed E-state index contributed by atoms with van der Waals surface area (Å²) in [7, 11) is 0. The van der Waals surface area contributed by atoms with Gasteiger partial charge in [-0.25, -0.2) is 0 Å². The van der Waals surface area contributed by atoms with Crippen LogP contribution in [-0.2, 0) is 0 Å². The van der Waals surface area contributed by atoms with E-state index in [-0.39, 0.29) is 5.78 Å². The van der Waals surface area contributed by atoms with Crippen LogP contribution in [0.4, 0.5) is 0 Å². The molecule has 1 aromatic rings. The predicted octanol–water partition coefficient (Wildman–Crippen LogP) is 3.10. The second-order valence-electron chi connectivity index (χ2n) is 3.02. The van der Waals surface area contributed by atoms with Crippen molar-refractivity contribution in [2.24, 2.45) is 0 Å². The van der Waals surface area contributed by atoms with Gasteiger partial charge in [-0.2, -0.15) is 0 Å². The molecule has 2 rings (SSSR count). The van der Waals surface area contributed by atoms with Crippen LogP contribution in [0.5, 0.6) is 0 Å². The predicted molar refractivity (Wildman–Crippen MR) is 51.7 cm³/mol. The third kappa shape index (κ3) is 1.20. The number of ketones is 1. The minimum Gasteiger partial charge on any atom is -0.294 e. The van der Waals surface area contributed by atoms with Crippen LogP contribution in [-0.4, -0.2) is 5.78 Å². The summed E-state index contributed by atoms with van der Waals surface area (Å²) in [6.07, 6.45) is 1.60. The molecule has 0 fully saturated rings. The van der Waals surface area contributed by atoms with Gasteiger partial charge < -0.3 is 0 Å². The normalized spacial score (nSPS) is 22.1. The van der Waals surface area contributed by atoms with E-state index < -0.39 is 0 Å². The van der Waals surface area contributed by atoms with Gasteiger partial charge in [0.25, 0.3) is 0 Å². The molecule has 12 heavy (non-hydrogen) atoms. The van der Waals surface area contributed by atoms with E-state index in [0.29, 0.717) is 11.2 Å². The van der Waals surface area contributed by atoms with Crippen molar-refractivity contribution >= 4 is 21.7 Å². The van der Waals surface area contributed by atoms with Crippen LogP contribution in [0.2, 0.25) is 0 Å². The molecule has 0 aromatic heterocycles. The number of hydrogen-bond acceptors (Lipinski definition) is 1. The second kappa shape index (κ2) is 3.02. The molecule has 0 amide bonds. The Bertz CT molecular complexity index is 319. The van der Waals surface area contributed by atoms with E-state index >= 15 is 0 Å². The van der Waals surface area contributed by atoms with Crippen LogP contribution in [0, 0.1) is 0 Å². The molecule has 0 radical (unpaired) electrons. The van der Waals surface area contributed by atoms with Crippen molar-refractivity contribution in [3.63, 3.8) is 0 Å².